The maximum absolute atomic E-state index is 8.14. The highest BCUT2D eigenvalue weighted by Gasteiger charge is 2.20. The van der Waals surface area contributed by atoms with E-state index in [2.05, 4.69) is 10.5 Å². The molecule has 0 bridgehead atoms. The molecule has 0 saturated heterocycles. The van der Waals surface area contributed by atoms with E-state index in [1.54, 1.807) is 6.92 Å². The van der Waals surface area contributed by atoms with Gasteiger partial charge in [-0.1, -0.05) is 5.16 Å². The van der Waals surface area contributed by atoms with Crippen LogP contribution in [0.15, 0.2) is 5.16 Å². The highest BCUT2D eigenvalue weighted by Crippen LogP contribution is 2.18. The van der Waals surface area contributed by atoms with Crippen LogP contribution < -0.4 is 5.32 Å². The van der Waals surface area contributed by atoms with Crippen LogP contribution >= 0.6 is 0 Å². The second kappa shape index (κ2) is 2.03. The Bertz CT molecular complexity index is 107. The number of oxime groups is 1. The molecule has 0 spiro atoms. The molecule has 0 aromatic carbocycles. The van der Waals surface area contributed by atoms with E-state index in [9.17, 15) is 0 Å². The van der Waals surface area contributed by atoms with E-state index in [1.165, 1.54) is 12.8 Å². The molecule has 0 unspecified atom stereocenters. The van der Waals surface area contributed by atoms with Crippen LogP contribution in [0.5, 0.6) is 0 Å². The molecule has 0 aromatic rings. The van der Waals surface area contributed by atoms with Crippen LogP contribution in [0.4, 0.5) is 0 Å². The van der Waals surface area contributed by atoms with Crippen molar-refractivity contribution < 1.29 is 5.21 Å². The van der Waals surface area contributed by atoms with Gasteiger partial charge in [0.1, 0.15) is 5.84 Å². The summed E-state index contributed by atoms with van der Waals surface area (Å²) in [7, 11) is 0. The molecule has 8 heavy (non-hydrogen) atoms. The third kappa shape index (κ3) is 1.40. The Morgan fingerprint density at radius 3 is 2.75 bits per heavy atom. The fourth-order valence-electron chi connectivity index (χ4n) is 0.552. The lowest BCUT2D eigenvalue weighted by molar-refractivity contribution is 0.316. The summed E-state index contributed by atoms with van der Waals surface area (Å²) < 4.78 is 0. The number of rotatable bonds is 1. The zero-order valence-corrected chi connectivity index (χ0v) is 4.89. The van der Waals surface area contributed by atoms with E-state index < -0.39 is 0 Å². The van der Waals surface area contributed by atoms with E-state index in [1.807, 2.05) is 0 Å². The quantitative estimate of drug-likeness (QED) is 0.226. The van der Waals surface area contributed by atoms with Gasteiger partial charge in [-0.25, -0.2) is 0 Å². The molecule has 0 heterocycles. The molecule has 1 fully saturated rings. The second-order valence-corrected chi connectivity index (χ2v) is 2.10. The Balaban J connectivity index is 2.16. The van der Waals surface area contributed by atoms with Gasteiger partial charge in [-0.2, -0.15) is 0 Å². The molecule has 0 aromatic heterocycles. The van der Waals surface area contributed by atoms with Crippen molar-refractivity contribution in [1.29, 1.82) is 0 Å². The Hall–Kier alpha value is -0.730. The summed E-state index contributed by atoms with van der Waals surface area (Å²) in [6, 6.07) is 0.589. The lowest BCUT2D eigenvalue weighted by Gasteiger charge is -1.97. The Morgan fingerprint density at radius 2 is 2.38 bits per heavy atom. The summed E-state index contributed by atoms with van der Waals surface area (Å²) in [4.78, 5) is 0. The molecule has 0 amide bonds. The Kier molecular flexibility index (Phi) is 1.37. The molecule has 1 saturated carbocycles. The fraction of sp³-hybridized carbons (Fsp3) is 0.800. The van der Waals surface area contributed by atoms with Crippen LogP contribution in [0.1, 0.15) is 19.8 Å². The SMILES string of the molecule is C/C(=N/O)NC1CC1. The van der Waals surface area contributed by atoms with Gasteiger partial charge < -0.3 is 10.5 Å². The van der Waals surface area contributed by atoms with Crippen LogP contribution in [-0.2, 0) is 0 Å². The van der Waals surface area contributed by atoms with Crippen LogP contribution in [-0.4, -0.2) is 17.1 Å². The molecule has 2 N–H and O–H groups in total. The maximum atomic E-state index is 8.14. The zero-order chi connectivity index (χ0) is 5.98. The molecule has 1 aliphatic rings. The van der Waals surface area contributed by atoms with Gasteiger partial charge in [-0.15, -0.1) is 0 Å². The molecule has 3 nitrogen and oxygen atoms in total. The number of hydrogen-bond donors (Lipinski definition) is 2. The zero-order valence-electron chi connectivity index (χ0n) is 4.89. The molecule has 3 heteroatoms. The number of hydrogen-bond acceptors (Lipinski definition) is 2. The topological polar surface area (TPSA) is 44.6 Å². The standard InChI is InChI=1S/C5H10N2O/c1-4(7-8)6-5-2-3-5/h5,8H,2-3H2,1H3,(H,6,7). The van der Waals surface area contributed by atoms with Crippen molar-refractivity contribution >= 4 is 5.84 Å². The molecule has 0 aliphatic heterocycles. The molecular formula is C5H10N2O. The predicted octanol–water partition coefficient (Wildman–Crippen LogP) is 0.546. The molecule has 1 rings (SSSR count). The molecule has 46 valence electrons. The van der Waals surface area contributed by atoms with Crippen molar-refractivity contribution in [3.8, 4) is 0 Å². The van der Waals surface area contributed by atoms with Gasteiger partial charge in [0.15, 0.2) is 0 Å². The smallest absolute Gasteiger partial charge is 0.138 e. The Labute approximate surface area is 48.4 Å². The summed E-state index contributed by atoms with van der Waals surface area (Å²) in [5.74, 6) is 0.618. The molecule has 1 aliphatic carbocycles. The Morgan fingerprint density at radius 1 is 1.75 bits per heavy atom. The van der Waals surface area contributed by atoms with Crippen LogP contribution in [0.2, 0.25) is 0 Å². The first-order valence-electron chi connectivity index (χ1n) is 2.78. The van der Waals surface area contributed by atoms with Crippen molar-refractivity contribution in [2.24, 2.45) is 5.16 Å². The van der Waals surface area contributed by atoms with Gasteiger partial charge in [0, 0.05) is 6.04 Å². The van der Waals surface area contributed by atoms with Gasteiger partial charge in [-0.05, 0) is 19.8 Å². The summed E-state index contributed by atoms with van der Waals surface area (Å²) in [5.41, 5.74) is 0. The largest absolute Gasteiger partial charge is 0.409 e. The molecular weight excluding hydrogens is 104 g/mol. The summed E-state index contributed by atoms with van der Waals surface area (Å²) in [6.07, 6.45) is 2.43. The fourth-order valence-corrected chi connectivity index (χ4v) is 0.552. The maximum Gasteiger partial charge on any atom is 0.138 e. The number of nitrogens with zero attached hydrogens (tertiary/aromatic N) is 1. The summed E-state index contributed by atoms with van der Waals surface area (Å²) in [6.45, 7) is 1.75. The van der Waals surface area contributed by atoms with E-state index in [0.29, 0.717) is 11.9 Å². The molecule has 0 radical (unpaired) electrons. The first kappa shape index (κ1) is 5.41. The van der Waals surface area contributed by atoms with Gasteiger partial charge in [-0.3, -0.25) is 0 Å². The average Bonchev–Trinajstić information content (AvgIpc) is 2.50. The van der Waals surface area contributed by atoms with Crippen molar-refractivity contribution in [3.63, 3.8) is 0 Å². The normalized spacial score (nSPS) is 20.9. The minimum Gasteiger partial charge on any atom is -0.409 e. The highest BCUT2D eigenvalue weighted by molar-refractivity contribution is 5.79. The van der Waals surface area contributed by atoms with Crippen LogP contribution in [0.25, 0.3) is 0 Å². The minimum absolute atomic E-state index is 0.589. The van der Waals surface area contributed by atoms with Gasteiger partial charge in [0.05, 0.1) is 0 Å². The average molecular weight is 114 g/mol. The first-order chi connectivity index (χ1) is 3.83. The van der Waals surface area contributed by atoms with Gasteiger partial charge >= 0.3 is 0 Å². The predicted molar refractivity (Wildman–Crippen MR) is 31.1 cm³/mol. The van der Waals surface area contributed by atoms with E-state index in [0.717, 1.165) is 0 Å². The summed E-state index contributed by atoms with van der Waals surface area (Å²) in [5, 5.41) is 14.1. The van der Waals surface area contributed by atoms with Crippen molar-refractivity contribution in [2.45, 2.75) is 25.8 Å². The minimum atomic E-state index is 0.589. The van der Waals surface area contributed by atoms with E-state index in [-0.39, 0.29) is 0 Å². The third-order valence-electron chi connectivity index (χ3n) is 1.14. The third-order valence-corrected chi connectivity index (χ3v) is 1.14. The van der Waals surface area contributed by atoms with Gasteiger partial charge in [0.25, 0.3) is 0 Å². The second-order valence-electron chi connectivity index (χ2n) is 2.10. The van der Waals surface area contributed by atoms with Crippen LogP contribution in [0.3, 0.4) is 0 Å². The number of amidine groups is 1. The van der Waals surface area contributed by atoms with Crippen molar-refractivity contribution in [3.05, 3.63) is 0 Å². The lowest BCUT2D eigenvalue weighted by Crippen LogP contribution is -2.22. The molecule has 0 atom stereocenters. The monoisotopic (exact) mass is 114 g/mol. The number of nitrogens with one attached hydrogen (secondary N) is 1. The van der Waals surface area contributed by atoms with Gasteiger partial charge in [0.2, 0.25) is 0 Å². The van der Waals surface area contributed by atoms with Crippen molar-refractivity contribution in [1.82, 2.24) is 5.32 Å². The van der Waals surface area contributed by atoms with Crippen LogP contribution in [0, 0.1) is 0 Å². The van der Waals surface area contributed by atoms with E-state index in [4.69, 9.17) is 5.21 Å². The lowest BCUT2D eigenvalue weighted by atomic mass is 10.6. The van der Waals surface area contributed by atoms with Crippen molar-refractivity contribution in [2.75, 3.05) is 0 Å². The first-order valence-corrected chi connectivity index (χ1v) is 2.78. The highest BCUT2D eigenvalue weighted by atomic mass is 16.4. The van der Waals surface area contributed by atoms with E-state index >= 15 is 0 Å². The summed E-state index contributed by atoms with van der Waals surface area (Å²) >= 11 is 0.